The highest BCUT2D eigenvalue weighted by atomic mass is 17.3. The van der Waals surface area contributed by atoms with Crippen LogP contribution in [0, 0.1) is 0 Å². The van der Waals surface area contributed by atoms with E-state index in [0.717, 1.165) is 12.5 Å². The van der Waals surface area contributed by atoms with Crippen LogP contribution in [0.1, 0.15) is 19.8 Å². The fourth-order valence-electron chi connectivity index (χ4n) is 0.920. The lowest BCUT2D eigenvalue weighted by Gasteiger charge is -2.35. The molecule has 1 aliphatic heterocycles. The van der Waals surface area contributed by atoms with Gasteiger partial charge in [-0.05, 0) is 6.42 Å². The summed E-state index contributed by atoms with van der Waals surface area (Å²) in [4.78, 5) is 31.0. The van der Waals surface area contributed by atoms with Gasteiger partial charge in [-0.3, -0.25) is 0 Å². The van der Waals surface area contributed by atoms with Gasteiger partial charge in [0.2, 0.25) is 0 Å². The highest BCUT2D eigenvalue weighted by molar-refractivity contribution is 5.81. The zero-order valence-corrected chi connectivity index (χ0v) is 9.47. The van der Waals surface area contributed by atoms with Crippen molar-refractivity contribution in [3.63, 3.8) is 0 Å². The van der Waals surface area contributed by atoms with Crippen LogP contribution in [-0.4, -0.2) is 31.3 Å². The normalized spacial score (nSPS) is 22.2. The molecule has 1 atom stereocenters. The molecule has 1 fully saturated rings. The molecule has 0 bridgehead atoms. The first-order valence-corrected chi connectivity index (χ1v) is 5.13. The lowest BCUT2D eigenvalue weighted by molar-refractivity contribution is -0.586. The molecular weight excluding hydrogens is 232 g/mol. The van der Waals surface area contributed by atoms with Crippen molar-refractivity contribution in [1.82, 2.24) is 0 Å². The number of hydrogen-bond donors (Lipinski definition) is 0. The predicted molar refractivity (Wildman–Crippen MR) is 53.4 cm³/mol. The van der Waals surface area contributed by atoms with E-state index in [9.17, 15) is 9.59 Å². The van der Waals surface area contributed by atoms with E-state index < -0.39 is 18.1 Å². The lowest BCUT2D eigenvalue weighted by Crippen LogP contribution is -2.54. The van der Waals surface area contributed by atoms with Gasteiger partial charge in [-0.25, -0.2) is 14.5 Å². The van der Waals surface area contributed by atoms with E-state index in [1.165, 1.54) is 0 Å². The Morgan fingerprint density at radius 1 is 1.47 bits per heavy atom. The van der Waals surface area contributed by atoms with E-state index in [-0.39, 0.29) is 13.2 Å². The van der Waals surface area contributed by atoms with Crippen molar-refractivity contribution in [2.45, 2.75) is 25.7 Å². The summed E-state index contributed by atoms with van der Waals surface area (Å²) in [6.07, 6.45) is 1.52. The smallest absolute Gasteiger partial charge is 0.434 e. The molecule has 7 heteroatoms. The first-order valence-electron chi connectivity index (χ1n) is 5.13. The standard InChI is InChI=1S/C10H14O7/c1-3-5-6-13-9(12)16-10(7-14-17-10)15-8(11)4-2/h4H,2-3,5-7H2,1H3. The van der Waals surface area contributed by atoms with Crippen LogP contribution in [0.25, 0.3) is 0 Å². The van der Waals surface area contributed by atoms with Crippen molar-refractivity contribution in [1.29, 1.82) is 0 Å². The van der Waals surface area contributed by atoms with E-state index in [1.54, 1.807) is 0 Å². The molecule has 0 aromatic carbocycles. The molecule has 0 aromatic heterocycles. The second-order valence-electron chi connectivity index (χ2n) is 3.21. The average molecular weight is 246 g/mol. The van der Waals surface area contributed by atoms with Crippen LogP contribution in [0.2, 0.25) is 0 Å². The van der Waals surface area contributed by atoms with Gasteiger partial charge < -0.3 is 14.2 Å². The molecular formula is C10H14O7. The van der Waals surface area contributed by atoms with Crippen molar-refractivity contribution >= 4 is 12.1 Å². The number of esters is 1. The Hall–Kier alpha value is -1.60. The zero-order chi connectivity index (χ0) is 12.7. The predicted octanol–water partition coefficient (Wildman–Crippen LogP) is 1.28. The van der Waals surface area contributed by atoms with Gasteiger partial charge in [0, 0.05) is 6.08 Å². The quantitative estimate of drug-likeness (QED) is 0.229. The van der Waals surface area contributed by atoms with Crippen molar-refractivity contribution in [3.8, 4) is 0 Å². The van der Waals surface area contributed by atoms with E-state index in [2.05, 4.69) is 21.1 Å². The van der Waals surface area contributed by atoms with Crippen molar-refractivity contribution in [3.05, 3.63) is 12.7 Å². The Morgan fingerprint density at radius 3 is 2.65 bits per heavy atom. The van der Waals surface area contributed by atoms with Crippen molar-refractivity contribution in [2.75, 3.05) is 13.2 Å². The summed E-state index contributed by atoms with van der Waals surface area (Å²) >= 11 is 0. The minimum atomic E-state index is -1.85. The molecule has 0 N–H and O–H groups in total. The van der Waals surface area contributed by atoms with Gasteiger partial charge in [0.15, 0.2) is 6.61 Å². The second-order valence-corrected chi connectivity index (χ2v) is 3.21. The summed E-state index contributed by atoms with van der Waals surface area (Å²) in [6, 6.07) is 0. The van der Waals surface area contributed by atoms with Gasteiger partial charge in [0.25, 0.3) is 0 Å². The molecule has 1 saturated heterocycles. The molecule has 1 rings (SSSR count). The van der Waals surface area contributed by atoms with Gasteiger partial charge in [-0.2, -0.15) is 0 Å². The molecule has 0 aliphatic carbocycles. The van der Waals surface area contributed by atoms with Crippen LogP contribution in [-0.2, 0) is 28.8 Å². The first kappa shape index (κ1) is 13.5. The number of carbonyl (C=O) groups is 2. The third-order valence-electron chi connectivity index (χ3n) is 1.80. The van der Waals surface area contributed by atoms with Gasteiger partial charge in [-0.15, -0.1) is 4.89 Å². The summed E-state index contributed by atoms with van der Waals surface area (Å²) in [6.45, 7) is 5.16. The molecule has 1 heterocycles. The SMILES string of the molecule is C=CC(=O)OC1(OC(=O)OCCCC)COO1. The van der Waals surface area contributed by atoms with Crippen LogP contribution >= 0.6 is 0 Å². The maximum Gasteiger partial charge on any atom is 0.513 e. The molecule has 96 valence electrons. The Balaban J connectivity index is 2.37. The molecule has 0 spiro atoms. The van der Waals surface area contributed by atoms with Crippen LogP contribution in [0.15, 0.2) is 12.7 Å². The summed E-state index contributed by atoms with van der Waals surface area (Å²) in [5, 5.41) is 0. The third-order valence-corrected chi connectivity index (χ3v) is 1.80. The molecule has 1 aliphatic rings. The van der Waals surface area contributed by atoms with Crippen LogP contribution in [0.4, 0.5) is 4.79 Å². The zero-order valence-electron chi connectivity index (χ0n) is 9.47. The lowest BCUT2D eigenvalue weighted by atomic mass is 10.4. The van der Waals surface area contributed by atoms with Crippen molar-refractivity contribution in [2.24, 2.45) is 0 Å². The minimum absolute atomic E-state index is 0.213. The van der Waals surface area contributed by atoms with Gasteiger partial charge in [0.05, 0.1) is 6.61 Å². The fourth-order valence-corrected chi connectivity index (χ4v) is 0.920. The number of ether oxygens (including phenoxy) is 3. The molecule has 1 unspecified atom stereocenters. The Kier molecular flexibility index (Phi) is 4.92. The van der Waals surface area contributed by atoms with E-state index in [1.807, 2.05) is 6.92 Å². The molecule has 0 radical (unpaired) electrons. The van der Waals surface area contributed by atoms with Gasteiger partial charge in [0.1, 0.15) is 0 Å². The summed E-state index contributed by atoms with van der Waals surface area (Å²) in [7, 11) is 0. The first-order chi connectivity index (χ1) is 8.12. The minimum Gasteiger partial charge on any atom is -0.434 e. The van der Waals surface area contributed by atoms with E-state index >= 15 is 0 Å². The summed E-state index contributed by atoms with van der Waals surface area (Å²) in [5.74, 6) is -2.65. The summed E-state index contributed by atoms with van der Waals surface area (Å²) in [5.41, 5.74) is 0. The molecule has 0 amide bonds. The monoisotopic (exact) mass is 246 g/mol. The highest BCUT2D eigenvalue weighted by Gasteiger charge is 2.51. The van der Waals surface area contributed by atoms with Gasteiger partial charge >= 0.3 is 18.1 Å². The van der Waals surface area contributed by atoms with Crippen LogP contribution in [0.5, 0.6) is 0 Å². The molecule has 0 saturated carbocycles. The van der Waals surface area contributed by atoms with Gasteiger partial charge in [-0.1, -0.05) is 19.9 Å². The van der Waals surface area contributed by atoms with Crippen LogP contribution in [0.3, 0.4) is 0 Å². The molecule has 17 heavy (non-hydrogen) atoms. The Bertz CT molecular complexity index is 295. The Morgan fingerprint density at radius 2 is 2.18 bits per heavy atom. The fraction of sp³-hybridized carbons (Fsp3) is 0.600. The topological polar surface area (TPSA) is 80.3 Å². The maximum atomic E-state index is 11.2. The second kappa shape index (κ2) is 6.21. The third kappa shape index (κ3) is 4.04. The molecule has 0 aromatic rings. The van der Waals surface area contributed by atoms with E-state index in [4.69, 9.17) is 9.47 Å². The largest absolute Gasteiger partial charge is 0.513 e. The molecule has 7 nitrogen and oxygen atoms in total. The van der Waals surface area contributed by atoms with Crippen molar-refractivity contribution < 1.29 is 33.6 Å². The average Bonchev–Trinajstić information content (AvgIpc) is 2.26. The van der Waals surface area contributed by atoms with Crippen LogP contribution < -0.4 is 0 Å². The Labute approximate surface area is 98.1 Å². The number of carbonyl (C=O) groups excluding carboxylic acids is 2. The maximum absolute atomic E-state index is 11.2. The number of unbranched alkanes of at least 4 members (excludes halogenated alkanes) is 1. The highest BCUT2D eigenvalue weighted by Crippen LogP contribution is 2.26. The summed E-state index contributed by atoms with van der Waals surface area (Å²) < 4.78 is 14.1. The van der Waals surface area contributed by atoms with E-state index in [0.29, 0.717) is 6.42 Å². The number of hydrogen-bond acceptors (Lipinski definition) is 7. The number of rotatable bonds is 6.